The molecule has 1 amide bonds. The van der Waals surface area contributed by atoms with Crippen molar-refractivity contribution < 1.29 is 19.0 Å². The summed E-state index contributed by atoms with van der Waals surface area (Å²) in [5, 5.41) is 6.41. The number of anilines is 2. The highest BCUT2D eigenvalue weighted by atomic mass is 32.1. The lowest BCUT2D eigenvalue weighted by Crippen LogP contribution is -2.36. The van der Waals surface area contributed by atoms with Crippen molar-refractivity contribution in [3.63, 3.8) is 0 Å². The van der Waals surface area contributed by atoms with Crippen molar-refractivity contribution in [1.82, 2.24) is 10.3 Å². The Balaban J connectivity index is 1.47. The number of methoxy groups -OCH3 is 2. The SMILES string of the molecule is COc1cccc(OC)c1C(=O)NC(=S)Nc1nc2ccc(N3CCOCC3)cc2s1. The summed E-state index contributed by atoms with van der Waals surface area (Å²) in [6, 6.07) is 11.3. The highest BCUT2D eigenvalue weighted by Crippen LogP contribution is 2.31. The van der Waals surface area contributed by atoms with E-state index in [0.29, 0.717) is 16.6 Å². The van der Waals surface area contributed by atoms with Crippen molar-refractivity contribution in [2.45, 2.75) is 0 Å². The Labute approximate surface area is 189 Å². The normalized spacial score (nSPS) is 13.7. The number of nitrogens with one attached hydrogen (secondary N) is 2. The van der Waals surface area contributed by atoms with Gasteiger partial charge < -0.3 is 24.4 Å². The molecule has 1 aliphatic heterocycles. The molecule has 0 unspecified atom stereocenters. The van der Waals surface area contributed by atoms with E-state index in [2.05, 4.69) is 32.7 Å². The van der Waals surface area contributed by atoms with Crippen molar-refractivity contribution in [3.8, 4) is 11.5 Å². The van der Waals surface area contributed by atoms with Crippen molar-refractivity contribution in [2.75, 3.05) is 50.7 Å². The van der Waals surface area contributed by atoms with Gasteiger partial charge in [0.2, 0.25) is 0 Å². The molecule has 0 aliphatic carbocycles. The molecule has 0 bridgehead atoms. The van der Waals surface area contributed by atoms with Crippen molar-refractivity contribution in [2.24, 2.45) is 0 Å². The number of hydrogen-bond donors (Lipinski definition) is 2. The van der Waals surface area contributed by atoms with Crippen LogP contribution >= 0.6 is 23.6 Å². The summed E-state index contributed by atoms with van der Waals surface area (Å²) in [5.41, 5.74) is 2.28. The topological polar surface area (TPSA) is 85.0 Å². The molecule has 2 N–H and O–H groups in total. The van der Waals surface area contributed by atoms with E-state index in [1.165, 1.54) is 25.6 Å². The average Bonchev–Trinajstić information content (AvgIpc) is 3.20. The van der Waals surface area contributed by atoms with E-state index >= 15 is 0 Å². The van der Waals surface area contributed by atoms with E-state index in [1.807, 2.05) is 6.07 Å². The molecular weight excluding hydrogens is 436 g/mol. The number of rotatable bonds is 5. The van der Waals surface area contributed by atoms with E-state index in [1.54, 1.807) is 18.2 Å². The summed E-state index contributed by atoms with van der Waals surface area (Å²) in [6.07, 6.45) is 0. The Hall–Kier alpha value is -2.95. The molecule has 1 saturated heterocycles. The molecule has 3 aromatic rings. The molecule has 4 rings (SSSR count). The first kappa shape index (κ1) is 21.3. The Morgan fingerprint density at radius 3 is 2.55 bits per heavy atom. The van der Waals surface area contributed by atoms with E-state index in [9.17, 15) is 4.79 Å². The predicted molar refractivity (Wildman–Crippen MR) is 126 cm³/mol. The number of ether oxygens (including phenoxy) is 3. The van der Waals surface area contributed by atoms with Crippen LogP contribution in [-0.4, -0.2) is 56.5 Å². The van der Waals surface area contributed by atoms with Gasteiger partial charge in [-0.05, 0) is 42.5 Å². The Morgan fingerprint density at radius 2 is 1.87 bits per heavy atom. The third-order valence-corrected chi connectivity index (χ3v) is 5.99. The molecule has 0 atom stereocenters. The van der Waals surface area contributed by atoms with E-state index < -0.39 is 5.91 Å². The third-order valence-electron chi connectivity index (χ3n) is 4.85. The van der Waals surface area contributed by atoms with Crippen LogP contribution in [0.15, 0.2) is 36.4 Å². The molecule has 31 heavy (non-hydrogen) atoms. The molecule has 1 fully saturated rings. The number of thiazole rings is 1. The summed E-state index contributed by atoms with van der Waals surface area (Å²) in [5.74, 6) is 0.369. The fraction of sp³-hybridized carbons (Fsp3) is 0.286. The zero-order valence-corrected chi connectivity index (χ0v) is 18.8. The molecule has 2 aromatic carbocycles. The van der Waals surface area contributed by atoms with Crippen LogP contribution < -0.4 is 25.0 Å². The molecule has 1 aromatic heterocycles. The number of carbonyl (C=O) groups is 1. The number of thiocarbonyl (C=S) groups is 1. The van der Waals surface area contributed by atoms with Gasteiger partial charge in [-0.25, -0.2) is 4.98 Å². The summed E-state index contributed by atoms with van der Waals surface area (Å²) < 4.78 is 17.0. The van der Waals surface area contributed by atoms with E-state index in [0.717, 1.165) is 42.2 Å². The van der Waals surface area contributed by atoms with Crippen LogP contribution in [0.5, 0.6) is 11.5 Å². The minimum atomic E-state index is -0.428. The predicted octanol–water partition coefficient (Wildman–Crippen LogP) is 3.28. The van der Waals surface area contributed by atoms with Crippen molar-refractivity contribution >= 4 is 55.6 Å². The molecule has 0 saturated carbocycles. The zero-order chi connectivity index (χ0) is 21.8. The van der Waals surface area contributed by atoms with E-state index in [4.69, 9.17) is 26.4 Å². The molecule has 0 radical (unpaired) electrons. The smallest absolute Gasteiger partial charge is 0.264 e. The zero-order valence-electron chi connectivity index (χ0n) is 17.1. The maximum Gasteiger partial charge on any atom is 0.264 e. The second-order valence-electron chi connectivity index (χ2n) is 6.72. The van der Waals surface area contributed by atoms with Gasteiger partial charge in [0.05, 0.1) is 37.6 Å². The van der Waals surface area contributed by atoms with Crippen LogP contribution in [0.2, 0.25) is 0 Å². The van der Waals surface area contributed by atoms with Gasteiger partial charge in [0.1, 0.15) is 17.1 Å². The Kier molecular flexibility index (Phi) is 6.50. The number of hydrogen-bond acceptors (Lipinski definition) is 8. The molecular formula is C21H22N4O4S2. The molecule has 10 heteroatoms. The van der Waals surface area contributed by atoms with Gasteiger partial charge in [-0.3, -0.25) is 10.1 Å². The molecule has 1 aliphatic rings. The number of benzene rings is 2. The number of aromatic nitrogens is 1. The molecule has 162 valence electrons. The number of nitrogens with zero attached hydrogens (tertiary/aromatic N) is 2. The number of morpholine rings is 1. The maximum atomic E-state index is 12.8. The minimum Gasteiger partial charge on any atom is -0.496 e. The Bertz CT molecular complexity index is 1090. The first-order valence-electron chi connectivity index (χ1n) is 9.65. The fourth-order valence-electron chi connectivity index (χ4n) is 3.35. The molecule has 8 nitrogen and oxygen atoms in total. The van der Waals surface area contributed by atoms with E-state index in [-0.39, 0.29) is 10.7 Å². The number of carbonyl (C=O) groups excluding carboxylic acids is 1. The summed E-state index contributed by atoms with van der Waals surface area (Å²) in [7, 11) is 2.99. The van der Waals surface area contributed by atoms with Crippen LogP contribution in [0.1, 0.15) is 10.4 Å². The first-order chi connectivity index (χ1) is 15.1. The quantitative estimate of drug-likeness (QED) is 0.564. The first-order valence-corrected chi connectivity index (χ1v) is 10.9. The second-order valence-corrected chi connectivity index (χ2v) is 8.16. The van der Waals surface area contributed by atoms with Crippen LogP contribution in [0, 0.1) is 0 Å². The van der Waals surface area contributed by atoms with Crippen LogP contribution in [0.4, 0.5) is 10.8 Å². The van der Waals surface area contributed by atoms with Gasteiger partial charge in [0.25, 0.3) is 5.91 Å². The largest absolute Gasteiger partial charge is 0.496 e. The lowest BCUT2D eigenvalue weighted by Gasteiger charge is -2.28. The second kappa shape index (κ2) is 9.46. The van der Waals surface area contributed by atoms with Gasteiger partial charge >= 0.3 is 0 Å². The van der Waals surface area contributed by atoms with Gasteiger partial charge in [-0.2, -0.15) is 0 Å². The highest BCUT2D eigenvalue weighted by Gasteiger charge is 2.20. The molecule has 2 heterocycles. The average molecular weight is 459 g/mol. The van der Waals surface area contributed by atoms with Gasteiger partial charge in [-0.15, -0.1) is 0 Å². The lowest BCUT2D eigenvalue weighted by molar-refractivity contribution is 0.0971. The minimum absolute atomic E-state index is 0.144. The summed E-state index contributed by atoms with van der Waals surface area (Å²) in [6.45, 7) is 3.22. The monoisotopic (exact) mass is 458 g/mol. The maximum absolute atomic E-state index is 12.8. The highest BCUT2D eigenvalue weighted by molar-refractivity contribution is 7.80. The van der Waals surface area contributed by atoms with Crippen LogP contribution in [0.3, 0.4) is 0 Å². The fourth-order valence-corrected chi connectivity index (χ4v) is 4.51. The molecule has 0 spiro atoms. The van der Waals surface area contributed by atoms with Gasteiger partial charge in [0.15, 0.2) is 10.2 Å². The summed E-state index contributed by atoms with van der Waals surface area (Å²) in [4.78, 5) is 19.6. The van der Waals surface area contributed by atoms with Crippen molar-refractivity contribution in [3.05, 3.63) is 42.0 Å². The standard InChI is InChI=1S/C21H22N4O4S2/c1-27-15-4-3-5-16(28-2)18(15)19(26)23-20(30)24-21-22-14-7-6-13(12-17(14)31-21)25-8-10-29-11-9-25/h3-7,12H,8-11H2,1-2H3,(H2,22,23,24,26,30). The van der Waals surface area contributed by atoms with Crippen molar-refractivity contribution in [1.29, 1.82) is 0 Å². The van der Waals surface area contributed by atoms with Crippen LogP contribution in [0.25, 0.3) is 10.2 Å². The van der Waals surface area contributed by atoms with Gasteiger partial charge in [0, 0.05) is 18.8 Å². The lowest BCUT2D eigenvalue weighted by atomic mass is 10.1. The summed E-state index contributed by atoms with van der Waals surface area (Å²) >= 11 is 6.80. The number of amides is 1. The third kappa shape index (κ3) is 4.71. The van der Waals surface area contributed by atoms with Gasteiger partial charge in [-0.1, -0.05) is 17.4 Å². The Morgan fingerprint density at radius 1 is 1.16 bits per heavy atom. The number of fused-ring (bicyclic) bond motifs is 1. The van der Waals surface area contributed by atoms with Crippen LogP contribution in [-0.2, 0) is 4.74 Å².